The van der Waals surface area contributed by atoms with Gasteiger partial charge in [-0.2, -0.15) is 0 Å². The highest BCUT2D eigenvalue weighted by Gasteiger charge is 2.26. The summed E-state index contributed by atoms with van der Waals surface area (Å²) in [5.41, 5.74) is 0.625. The van der Waals surface area contributed by atoms with Gasteiger partial charge in [-0.05, 0) is 38.8 Å². The highest BCUT2D eigenvalue weighted by atomic mass is 16.5. The van der Waals surface area contributed by atoms with Crippen LogP contribution in [0.5, 0.6) is 0 Å². The van der Waals surface area contributed by atoms with Crippen LogP contribution in [0, 0.1) is 0 Å². The minimum atomic E-state index is -0.137. The number of amides is 1. The van der Waals surface area contributed by atoms with Gasteiger partial charge in [-0.15, -0.1) is 0 Å². The topological polar surface area (TPSA) is 78.5 Å². The van der Waals surface area contributed by atoms with Gasteiger partial charge in [-0.25, -0.2) is 4.98 Å². The minimum absolute atomic E-state index is 0.0207. The minimum Gasteiger partial charge on any atom is -0.375 e. The Morgan fingerprint density at radius 3 is 2.96 bits per heavy atom. The normalized spacial score (nSPS) is 22.4. The second kappa shape index (κ2) is 7.70. The Bertz CT molecular complexity index is 583. The van der Waals surface area contributed by atoms with Crippen LogP contribution in [0.3, 0.4) is 0 Å². The molecule has 0 radical (unpaired) electrons. The Balaban J connectivity index is 1.47. The third-order valence-electron chi connectivity index (χ3n) is 4.51. The first-order chi connectivity index (χ1) is 11.2. The van der Waals surface area contributed by atoms with E-state index in [9.17, 15) is 9.59 Å². The fraction of sp³-hybridized carbons (Fsp3) is 0.688. The zero-order valence-electron chi connectivity index (χ0n) is 13.4. The lowest BCUT2D eigenvalue weighted by molar-refractivity contribution is -0.139. The van der Waals surface area contributed by atoms with Crippen molar-refractivity contribution in [3.05, 3.63) is 28.4 Å². The van der Waals surface area contributed by atoms with Gasteiger partial charge in [-0.1, -0.05) is 0 Å². The van der Waals surface area contributed by atoms with Crippen LogP contribution in [0.25, 0.3) is 0 Å². The largest absolute Gasteiger partial charge is 0.375 e. The highest BCUT2D eigenvalue weighted by Crippen LogP contribution is 2.13. The number of aryl methyl sites for hydroxylation is 1. The number of nitrogens with zero attached hydrogens (tertiary/aromatic N) is 3. The van der Waals surface area contributed by atoms with Gasteiger partial charge in [0.2, 0.25) is 5.91 Å². The first-order valence-corrected chi connectivity index (χ1v) is 8.36. The molecule has 0 bridgehead atoms. The number of aromatic amines is 1. The van der Waals surface area contributed by atoms with Gasteiger partial charge in [0.1, 0.15) is 0 Å². The van der Waals surface area contributed by atoms with Crippen molar-refractivity contribution >= 4 is 5.91 Å². The van der Waals surface area contributed by atoms with Crippen LogP contribution in [0.2, 0.25) is 0 Å². The van der Waals surface area contributed by atoms with Gasteiger partial charge in [0.25, 0.3) is 5.56 Å². The second-order valence-corrected chi connectivity index (χ2v) is 6.26. The molecule has 1 amide bonds. The molecule has 2 fully saturated rings. The van der Waals surface area contributed by atoms with E-state index in [0.29, 0.717) is 32.7 Å². The number of morpholine rings is 1. The quantitative estimate of drug-likeness (QED) is 0.828. The molecule has 0 unspecified atom stereocenters. The molecule has 3 heterocycles. The van der Waals surface area contributed by atoms with Gasteiger partial charge in [-0.3, -0.25) is 14.5 Å². The zero-order valence-corrected chi connectivity index (χ0v) is 13.4. The van der Waals surface area contributed by atoms with Gasteiger partial charge in [0.05, 0.1) is 25.6 Å². The lowest BCUT2D eigenvalue weighted by Gasteiger charge is -2.34. The SMILES string of the molecule is O=C(CN1CCCC1)N1CCO[C@H](CCc2cc(=O)[nH]cn2)C1. The summed E-state index contributed by atoms with van der Waals surface area (Å²) >= 11 is 0. The van der Waals surface area contributed by atoms with E-state index in [1.165, 1.54) is 25.2 Å². The number of nitrogens with one attached hydrogen (secondary N) is 1. The monoisotopic (exact) mass is 320 g/mol. The Hall–Kier alpha value is -1.73. The van der Waals surface area contributed by atoms with E-state index in [1.54, 1.807) is 0 Å². The summed E-state index contributed by atoms with van der Waals surface area (Å²) in [5, 5.41) is 0. The Morgan fingerprint density at radius 1 is 1.35 bits per heavy atom. The van der Waals surface area contributed by atoms with Crippen LogP contribution in [-0.2, 0) is 16.0 Å². The van der Waals surface area contributed by atoms with Crippen molar-refractivity contribution in [2.45, 2.75) is 31.8 Å². The van der Waals surface area contributed by atoms with Crippen molar-refractivity contribution in [2.24, 2.45) is 0 Å². The maximum Gasteiger partial charge on any atom is 0.250 e. The van der Waals surface area contributed by atoms with E-state index in [-0.39, 0.29) is 17.6 Å². The first-order valence-electron chi connectivity index (χ1n) is 8.36. The summed E-state index contributed by atoms with van der Waals surface area (Å²) in [5.74, 6) is 0.203. The molecular formula is C16H24N4O3. The summed E-state index contributed by atoms with van der Waals surface area (Å²) in [6.45, 7) is 4.49. The van der Waals surface area contributed by atoms with Gasteiger partial charge >= 0.3 is 0 Å². The summed E-state index contributed by atoms with van der Waals surface area (Å²) < 4.78 is 5.76. The van der Waals surface area contributed by atoms with Gasteiger partial charge in [0, 0.05) is 24.8 Å². The average molecular weight is 320 g/mol. The second-order valence-electron chi connectivity index (χ2n) is 6.26. The molecule has 2 aliphatic heterocycles. The molecule has 2 saturated heterocycles. The first kappa shape index (κ1) is 16.1. The zero-order chi connectivity index (χ0) is 16.1. The van der Waals surface area contributed by atoms with Gasteiger partial charge < -0.3 is 14.6 Å². The van der Waals surface area contributed by atoms with Crippen molar-refractivity contribution in [2.75, 3.05) is 39.3 Å². The molecule has 1 aromatic rings. The van der Waals surface area contributed by atoms with Crippen molar-refractivity contribution in [3.8, 4) is 0 Å². The number of carbonyl (C=O) groups excluding carboxylic acids is 1. The maximum absolute atomic E-state index is 12.4. The predicted molar refractivity (Wildman–Crippen MR) is 85.2 cm³/mol. The molecule has 0 spiro atoms. The maximum atomic E-state index is 12.4. The molecule has 23 heavy (non-hydrogen) atoms. The van der Waals surface area contributed by atoms with Crippen LogP contribution < -0.4 is 5.56 Å². The Morgan fingerprint density at radius 2 is 2.17 bits per heavy atom. The number of ether oxygens (including phenoxy) is 1. The van der Waals surface area contributed by atoms with Crippen LogP contribution in [0.15, 0.2) is 17.2 Å². The third kappa shape index (κ3) is 4.62. The number of aromatic nitrogens is 2. The molecule has 126 valence electrons. The molecule has 7 nitrogen and oxygen atoms in total. The van der Waals surface area contributed by atoms with Crippen LogP contribution in [-0.4, -0.2) is 71.1 Å². The molecular weight excluding hydrogens is 296 g/mol. The number of carbonyl (C=O) groups is 1. The van der Waals surface area contributed by atoms with Crippen molar-refractivity contribution in [3.63, 3.8) is 0 Å². The Labute approximate surface area is 135 Å². The molecule has 1 aromatic heterocycles. The summed E-state index contributed by atoms with van der Waals surface area (Å²) in [6.07, 6.45) is 5.29. The smallest absolute Gasteiger partial charge is 0.250 e. The lowest BCUT2D eigenvalue weighted by Crippen LogP contribution is -2.48. The number of hydrogen-bond donors (Lipinski definition) is 1. The summed E-state index contributed by atoms with van der Waals surface area (Å²) in [4.78, 5) is 34.5. The van der Waals surface area contributed by atoms with Crippen LogP contribution in [0.4, 0.5) is 0 Å². The van der Waals surface area contributed by atoms with Crippen LogP contribution >= 0.6 is 0 Å². The fourth-order valence-corrected chi connectivity index (χ4v) is 3.21. The van der Waals surface area contributed by atoms with E-state index >= 15 is 0 Å². The number of hydrogen-bond acceptors (Lipinski definition) is 5. The van der Waals surface area contributed by atoms with E-state index < -0.39 is 0 Å². The third-order valence-corrected chi connectivity index (χ3v) is 4.51. The molecule has 2 aliphatic rings. The van der Waals surface area contributed by atoms with E-state index in [1.807, 2.05) is 4.90 Å². The van der Waals surface area contributed by atoms with Crippen LogP contribution in [0.1, 0.15) is 25.0 Å². The van der Waals surface area contributed by atoms with E-state index in [2.05, 4.69) is 14.9 Å². The molecule has 7 heteroatoms. The predicted octanol–water partition coefficient (Wildman–Crippen LogP) is 0.0257. The fourth-order valence-electron chi connectivity index (χ4n) is 3.21. The molecule has 3 rings (SSSR count). The van der Waals surface area contributed by atoms with Crippen molar-refractivity contribution in [1.82, 2.24) is 19.8 Å². The van der Waals surface area contributed by atoms with Crippen molar-refractivity contribution < 1.29 is 9.53 Å². The van der Waals surface area contributed by atoms with E-state index in [0.717, 1.165) is 25.2 Å². The van der Waals surface area contributed by atoms with Crippen molar-refractivity contribution in [1.29, 1.82) is 0 Å². The molecule has 1 N–H and O–H groups in total. The highest BCUT2D eigenvalue weighted by molar-refractivity contribution is 5.78. The number of H-pyrrole nitrogens is 1. The molecule has 0 aliphatic carbocycles. The summed E-state index contributed by atoms with van der Waals surface area (Å²) in [6, 6.07) is 1.51. The molecule has 1 atom stereocenters. The molecule has 0 aromatic carbocycles. The molecule has 0 saturated carbocycles. The van der Waals surface area contributed by atoms with Gasteiger partial charge in [0.15, 0.2) is 0 Å². The summed E-state index contributed by atoms with van der Waals surface area (Å²) in [7, 11) is 0. The Kier molecular flexibility index (Phi) is 5.40. The number of rotatable bonds is 5. The average Bonchev–Trinajstić information content (AvgIpc) is 3.06. The van der Waals surface area contributed by atoms with E-state index in [4.69, 9.17) is 4.74 Å². The standard InChI is InChI=1S/C16H24N4O3/c21-15-9-13(17-12-18-15)3-4-14-10-20(7-8-23-14)16(22)11-19-5-1-2-6-19/h9,12,14H,1-8,10-11H2,(H,17,18,21)/t14-/m1/s1. The number of likely N-dealkylation sites (tertiary alicyclic amines) is 1. The lowest BCUT2D eigenvalue weighted by atomic mass is 10.1.